The largest absolute Gasteiger partial charge is 0.438 e. The Bertz CT molecular complexity index is 1790. The summed E-state index contributed by atoms with van der Waals surface area (Å²) in [5.74, 6) is -0.526. The number of ether oxygens (including phenoxy) is 1. The monoisotopic (exact) mass is 630 g/mol. The van der Waals surface area contributed by atoms with Crippen LogP contribution < -0.4 is 16.6 Å². The van der Waals surface area contributed by atoms with E-state index >= 15 is 0 Å². The third-order valence-electron chi connectivity index (χ3n) is 5.78. The van der Waals surface area contributed by atoms with Crippen LogP contribution in [-0.4, -0.2) is 61.0 Å². The summed E-state index contributed by atoms with van der Waals surface area (Å²) in [7, 11) is -4.28. The number of primary sulfonamides is 1. The molecule has 0 radical (unpaired) electrons. The first kappa shape index (κ1) is 30.7. The zero-order valence-corrected chi connectivity index (χ0v) is 23.0. The highest BCUT2D eigenvalue weighted by Gasteiger charge is 2.39. The van der Waals surface area contributed by atoms with E-state index in [1.54, 1.807) is 0 Å². The highest BCUT2D eigenvalue weighted by molar-refractivity contribution is 7.89. The van der Waals surface area contributed by atoms with Gasteiger partial charge in [-0.25, -0.2) is 37.5 Å². The average Bonchev–Trinajstić information content (AvgIpc) is 3.45. The van der Waals surface area contributed by atoms with Crippen molar-refractivity contribution in [1.29, 1.82) is 0 Å². The van der Waals surface area contributed by atoms with E-state index in [9.17, 15) is 36.3 Å². The van der Waals surface area contributed by atoms with Crippen LogP contribution in [0.3, 0.4) is 0 Å². The van der Waals surface area contributed by atoms with Gasteiger partial charge in [-0.2, -0.15) is 13.2 Å². The number of rotatable bonds is 9. The molecule has 19 heteroatoms. The second kappa shape index (κ2) is 11.6. The Kier molecular flexibility index (Phi) is 8.44. The number of para-hydroxylation sites is 1. The lowest BCUT2D eigenvalue weighted by molar-refractivity contribution is -0.207. The molecular formula is C23H22ClF3N8O6S. The molecule has 1 amide bonds. The third kappa shape index (κ3) is 6.62. The number of nitrogens with zero attached hydrogens (tertiary/aromatic N) is 6. The zero-order valence-electron chi connectivity index (χ0n) is 21.4. The fourth-order valence-electron chi connectivity index (χ4n) is 3.91. The topological polar surface area (TPSA) is 203 Å². The lowest BCUT2D eigenvalue weighted by Crippen LogP contribution is -2.37. The first-order chi connectivity index (χ1) is 19.6. The molecule has 2 unspecified atom stereocenters. The minimum absolute atomic E-state index is 0.0818. The predicted octanol–water partition coefficient (Wildman–Crippen LogP) is 1.72. The fraction of sp³-hybridized carbons (Fsp3) is 0.261. The molecule has 5 N–H and O–H groups in total. The molecular weight excluding hydrogens is 609 g/mol. The molecule has 0 saturated heterocycles. The molecule has 0 fully saturated rings. The number of nitrogens with two attached hydrogens (primary N) is 2. The van der Waals surface area contributed by atoms with Crippen LogP contribution in [0.15, 0.2) is 58.2 Å². The molecule has 42 heavy (non-hydrogen) atoms. The molecule has 0 spiro atoms. The summed E-state index contributed by atoms with van der Waals surface area (Å²) in [4.78, 5) is 28.5. The molecule has 0 aliphatic heterocycles. The molecule has 0 aliphatic rings. The number of aliphatic hydroxyl groups is 1. The molecule has 4 rings (SSSR count). The van der Waals surface area contributed by atoms with Crippen LogP contribution in [-0.2, 0) is 27.8 Å². The first-order valence-electron chi connectivity index (χ1n) is 11.8. The van der Waals surface area contributed by atoms with Crippen molar-refractivity contribution in [3.8, 4) is 17.1 Å². The summed E-state index contributed by atoms with van der Waals surface area (Å²) in [5, 5.41) is 23.7. The summed E-state index contributed by atoms with van der Waals surface area (Å²) in [6.07, 6.45) is -10.3. The maximum absolute atomic E-state index is 13.2. The van der Waals surface area contributed by atoms with Gasteiger partial charge in [-0.15, -0.1) is 10.2 Å². The zero-order chi connectivity index (χ0) is 31.0. The second-order valence-electron chi connectivity index (χ2n) is 8.83. The number of benzene rings is 2. The van der Waals surface area contributed by atoms with Gasteiger partial charge in [0.1, 0.15) is 11.4 Å². The number of alkyl halides is 3. The number of halogens is 4. The quantitative estimate of drug-likeness (QED) is 0.246. The van der Waals surface area contributed by atoms with Gasteiger partial charge in [-0.3, -0.25) is 4.57 Å². The van der Waals surface area contributed by atoms with E-state index in [2.05, 4.69) is 15.2 Å². The Morgan fingerprint density at radius 1 is 1.14 bits per heavy atom. The van der Waals surface area contributed by atoms with Crippen LogP contribution in [0.5, 0.6) is 0 Å². The standard InChI is InChI=1S/C23H22ClF3N8O6S/c1-12(41-21(28)37)19-30-18(31-35(19)15-4-2-3-5-16(15)42(29,39)40)11-34-22(38)33(10-17(36)23(25,26)27)20(32-34)13-6-8-14(24)9-7-13/h2-9,12,17,36H,10-11H2,1H3,(H2,28,37)(H2,29,39,40). The van der Waals surface area contributed by atoms with Crippen LogP contribution in [0, 0.1) is 0 Å². The van der Waals surface area contributed by atoms with Crippen molar-refractivity contribution in [2.45, 2.75) is 43.3 Å². The number of hydrogen-bond acceptors (Lipinski definition) is 9. The summed E-state index contributed by atoms with van der Waals surface area (Å²) in [6.45, 7) is -0.333. The Hall–Kier alpha value is -4.26. The SMILES string of the molecule is CC(OC(N)=O)c1nc(Cn2nc(-c3ccc(Cl)cc3)n(CC(O)C(F)(F)F)c2=O)nn1-c1ccccc1S(N)(=O)=O. The maximum Gasteiger partial charge on any atom is 0.416 e. The van der Waals surface area contributed by atoms with Gasteiger partial charge in [0, 0.05) is 10.6 Å². The van der Waals surface area contributed by atoms with Crippen molar-refractivity contribution >= 4 is 27.7 Å². The minimum Gasteiger partial charge on any atom is -0.438 e. The third-order valence-corrected chi connectivity index (χ3v) is 6.99. The highest BCUT2D eigenvalue weighted by Crippen LogP contribution is 2.26. The molecule has 0 aliphatic carbocycles. The molecule has 2 aromatic heterocycles. The Morgan fingerprint density at radius 2 is 1.79 bits per heavy atom. The second-order valence-corrected chi connectivity index (χ2v) is 10.8. The summed E-state index contributed by atoms with van der Waals surface area (Å²) in [5.41, 5.74) is 4.21. The molecule has 0 bridgehead atoms. The minimum atomic E-state index is -5.03. The Balaban J connectivity index is 1.84. The normalized spacial score (nSPS) is 13.6. The molecule has 0 saturated carbocycles. The number of hydrogen-bond donors (Lipinski definition) is 3. The summed E-state index contributed by atoms with van der Waals surface area (Å²) >= 11 is 5.90. The number of aliphatic hydroxyl groups excluding tert-OH is 1. The van der Waals surface area contributed by atoms with Gasteiger partial charge in [0.15, 0.2) is 29.7 Å². The van der Waals surface area contributed by atoms with Crippen LogP contribution >= 0.6 is 11.6 Å². The molecule has 224 valence electrons. The highest BCUT2D eigenvalue weighted by atomic mass is 35.5. The van der Waals surface area contributed by atoms with E-state index in [0.29, 0.717) is 9.59 Å². The maximum atomic E-state index is 13.2. The number of primary amides is 1. The van der Waals surface area contributed by atoms with Crippen molar-refractivity contribution in [3.05, 3.63) is 75.7 Å². The van der Waals surface area contributed by atoms with Crippen molar-refractivity contribution in [2.75, 3.05) is 0 Å². The van der Waals surface area contributed by atoms with E-state index < -0.39 is 53.3 Å². The van der Waals surface area contributed by atoms with Crippen molar-refractivity contribution in [2.24, 2.45) is 10.9 Å². The fourth-order valence-corrected chi connectivity index (χ4v) is 4.75. The van der Waals surface area contributed by atoms with E-state index in [1.165, 1.54) is 55.5 Å². The number of amides is 1. The van der Waals surface area contributed by atoms with Crippen LogP contribution in [0.25, 0.3) is 17.1 Å². The summed E-state index contributed by atoms with van der Waals surface area (Å²) in [6, 6.07) is 11.1. The van der Waals surface area contributed by atoms with Crippen molar-refractivity contribution in [3.63, 3.8) is 0 Å². The van der Waals surface area contributed by atoms with Gasteiger partial charge in [0.05, 0.1) is 12.2 Å². The van der Waals surface area contributed by atoms with E-state index in [-0.39, 0.29) is 33.6 Å². The van der Waals surface area contributed by atoms with Crippen LogP contribution in [0.2, 0.25) is 5.02 Å². The lowest BCUT2D eigenvalue weighted by Gasteiger charge is -2.15. The molecule has 14 nitrogen and oxygen atoms in total. The lowest BCUT2D eigenvalue weighted by atomic mass is 10.2. The van der Waals surface area contributed by atoms with Crippen molar-refractivity contribution in [1.82, 2.24) is 29.1 Å². The summed E-state index contributed by atoms with van der Waals surface area (Å²) < 4.78 is 71.3. The van der Waals surface area contributed by atoms with Gasteiger partial charge < -0.3 is 15.6 Å². The van der Waals surface area contributed by atoms with Gasteiger partial charge in [-0.05, 0) is 43.3 Å². The number of carbonyl (C=O) groups is 1. The van der Waals surface area contributed by atoms with Gasteiger partial charge in [0.2, 0.25) is 10.0 Å². The first-order valence-corrected chi connectivity index (χ1v) is 13.7. The van der Waals surface area contributed by atoms with Gasteiger partial charge >= 0.3 is 18.0 Å². The van der Waals surface area contributed by atoms with E-state index in [4.69, 9.17) is 27.2 Å². The Labute approximate surface area is 239 Å². The van der Waals surface area contributed by atoms with Crippen molar-refractivity contribution < 1.29 is 36.2 Å². The van der Waals surface area contributed by atoms with Crippen LogP contribution in [0.4, 0.5) is 18.0 Å². The predicted molar refractivity (Wildman–Crippen MR) is 140 cm³/mol. The molecule has 2 aromatic carbocycles. The van der Waals surface area contributed by atoms with E-state index in [1.807, 2.05) is 0 Å². The van der Waals surface area contributed by atoms with Crippen LogP contribution in [0.1, 0.15) is 24.7 Å². The Morgan fingerprint density at radius 3 is 2.38 bits per heavy atom. The van der Waals surface area contributed by atoms with Gasteiger partial charge in [-0.1, -0.05) is 23.7 Å². The number of aromatic nitrogens is 6. The number of carbonyl (C=O) groups excluding carboxylic acids is 1. The van der Waals surface area contributed by atoms with E-state index in [0.717, 1.165) is 9.36 Å². The number of sulfonamides is 1. The smallest absolute Gasteiger partial charge is 0.416 e. The average molecular weight is 631 g/mol. The molecule has 4 aromatic rings. The van der Waals surface area contributed by atoms with Gasteiger partial charge in [0.25, 0.3) is 0 Å². The molecule has 2 heterocycles. The molecule has 2 atom stereocenters.